The lowest BCUT2D eigenvalue weighted by Gasteiger charge is -2.27. The fourth-order valence-corrected chi connectivity index (χ4v) is 4.52. The first-order chi connectivity index (χ1) is 15.0. The first-order valence-corrected chi connectivity index (χ1v) is 12.4. The number of allylic oxidation sites excluding steroid dienone is 5. The number of halogens is 6. The predicted octanol–water partition coefficient (Wildman–Crippen LogP) is 4.19. The average molecular weight is 524 g/mol. The molecule has 2 rings (SSSR count). The molecule has 1 atom stereocenters. The van der Waals surface area contributed by atoms with Crippen molar-refractivity contribution in [2.45, 2.75) is 50.2 Å². The molecule has 7 nitrogen and oxygen atoms in total. The molecule has 1 unspecified atom stereocenters. The van der Waals surface area contributed by atoms with Crippen molar-refractivity contribution in [3.63, 3.8) is 0 Å². The summed E-state index contributed by atoms with van der Waals surface area (Å²) in [5.74, 6) is 1.17. The summed E-state index contributed by atoms with van der Waals surface area (Å²) in [5.41, 5.74) is -12.2. The molecule has 0 saturated heterocycles. The van der Waals surface area contributed by atoms with Gasteiger partial charge >= 0.3 is 31.1 Å². The number of rotatable bonds is 8. The minimum absolute atomic E-state index is 0.0457. The van der Waals surface area contributed by atoms with Crippen molar-refractivity contribution in [2.24, 2.45) is 5.41 Å². The number of sulfonamides is 2. The molecule has 0 aromatic carbocycles. The molecule has 1 N–H and O–H groups in total. The lowest BCUT2D eigenvalue weighted by molar-refractivity contribution is -0.0476. The van der Waals surface area contributed by atoms with Crippen molar-refractivity contribution >= 4 is 20.0 Å². The van der Waals surface area contributed by atoms with E-state index in [0.29, 0.717) is 0 Å². The number of alkyl halides is 6. The number of aromatic nitrogens is 2. The summed E-state index contributed by atoms with van der Waals surface area (Å²) in [4.78, 5) is 4.51. The number of hydrogen-bond donors (Lipinski definition) is 1. The van der Waals surface area contributed by atoms with E-state index in [1.807, 2.05) is 6.20 Å². The van der Waals surface area contributed by atoms with Crippen LogP contribution in [0.2, 0.25) is 0 Å². The molecular formula is C18H23F6N3O4S2. The highest BCUT2D eigenvalue weighted by molar-refractivity contribution is 8.05. The van der Waals surface area contributed by atoms with E-state index in [-0.39, 0.29) is 5.41 Å². The Kier molecular flexibility index (Phi) is 9.52. The van der Waals surface area contributed by atoms with Crippen LogP contribution in [0.25, 0.3) is 0 Å². The average Bonchev–Trinajstić information content (AvgIpc) is 3.11. The summed E-state index contributed by atoms with van der Waals surface area (Å²) in [6.07, 6.45) is 19.1. The van der Waals surface area contributed by atoms with Gasteiger partial charge in [0.05, 0.1) is 0 Å². The van der Waals surface area contributed by atoms with Crippen molar-refractivity contribution in [1.82, 2.24) is 13.7 Å². The third-order valence-electron chi connectivity index (χ3n) is 4.45. The zero-order chi connectivity index (χ0) is 25.6. The van der Waals surface area contributed by atoms with Crippen molar-refractivity contribution in [1.29, 1.82) is 0 Å². The van der Waals surface area contributed by atoms with Crippen LogP contribution < -0.4 is 4.13 Å². The second-order valence-corrected chi connectivity index (χ2v) is 10.6. The number of hydrogen-bond acceptors (Lipinski definition) is 5. The normalized spacial score (nSPS) is 19.1. The van der Waals surface area contributed by atoms with Crippen LogP contribution in [-0.2, 0) is 33.0 Å². The van der Waals surface area contributed by atoms with Crippen LogP contribution in [0, 0.1) is 5.41 Å². The number of imidazole rings is 1. The number of nitrogens with zero attached hydrogens (tertiary/aromatic N) is 2. The third kappa shape index (κ3) is 7.99. The van der Waals surface area contributed by atoms with E-state index in [2.05, 4.69) is 59.6 Å². The molecule has 1 aromatic heterocycles. The van der Waals surface area contributed by atoms with Crippen molar-refractivity contribution < 1.29 is 43.2 Å². The quantitative estimate of drug-likeness (QED) is 0.407. The monoisotopic (exact) mass is 523 g/mol. The Bertz CT molecular complexity index is 1030. The first-order valence-electron chi connectivity index (χ1n) is 9.39. The first kappa shape index (κ1) is 28.9. The lowest BCUT2D eigenvalue weighted by atomic mass is 9.78. The standard InChI is InChI=1S/C16H22N2.C2HF6NO4S2/c1-3-5-12-18-13-11-17-15(18)14-16(4-2)9-7-6-8-10-16;3-1(4,5)14(10,11)9-15(12,13)2(6,7)8/h4,6-9,11,13H,2-3,5,10,12,14H2,1H3;9H. The van der Waals surface area contributed by atoms with E-state index >= 15 is 0 Å². The van der Waals surface area contributed by atoms with E-state index in [1.54, 1.807) is 0 Å². The van der Waals surface area contributed by atoms with Crippen LogP contribution in [0.5, 0.6) is 0 Å². The van der Waals surface area contributed by atoms with Gasteiger partial charge in [0.15, 0.2) is 0 Å². The van der Waals surface area contributed by atoms with Gasteiger partial charge in [-0.05, 0) is 12.8 Å². The molecule has 0 saturated carbocycles. The van der Waals surface area contributed by atoms with Gasteiger partial charge < -0.3 is 4.57 Å². The second kappa shape index (κ2) is 10.9. The van der Waals surface area contributed by atoms with Crippen LogP contribution in [-0.4, -0.2) is 37.4 Å². The molecule has 0 radical (unpaired) electrons. The van der Waals surface area contributed by atoms with Gasteiger partial charge in [-0.2, -0.15) is 26.3 Å². The van der Waals surface area contributed by atoms with Crippen molar-refractivity contribution in [3.05, 3.63) is 55.2 Å². The van der Waals surface area contributed by atoms with E-state index < -0.39 is 35.2 Å². The Morgan fingerprint density at radius 3 is 2.12 bits per heavy atom. The Hall–Kier alpha value is -2.13. The van der Waals surface area contributed by atoms with E-state index in [0.717, 1.165) is 19.4 Å². The molecule has 1 aliphatic carbocycles. The lowest BCUT2D eigenvalue weighted by Crippen LogP contribution is -2.45. The minimum atomic E-state index is -6.60. The van der Waals surface area contributed by atoms with Crippen molar-refractivity contribution in [2.75, 3.05) is 0 Å². The second-order valence-electron chi connectivity index (χ2n) is 6.98. The molecule has 1 aromatic rings. The van der Waals surface area contributed by atoms with Crippen LogP contribution in [0.3, 0.4) is 0 Å². The Labute approximate surface area is 188 Å². The molecule has 1 heterocycles. The summed E-state index contributed by atoms with van der Waals surface area (Å²) in [6, 6.07) is 0. The van der Waals surface area contributed by atoms with Crippen LogP contribution >= 0.6 is 0 Å². The zero-order valence-corrected chi connectivity index (χ0v) is 19.0. The molecule has 0 fully saturated rings. The number of nitrogens with one attached hydrogen (secondary N) is 1. The molecule has 0 aliphatic heterocycles. The van der Waals surface area contributed by atoms with E-state index in [4.69, 9.17) is 0 Å². The van der Waals surface area contributed by atoms with E-state index in [1.165, 1.54) is 18.7 Å². The topological polar surface area (TPSA) is 98.1 Å². The van der Waals surface area contributed by atoms with Gasteiger partial charge in [0.25, 0.3) is 0 Å². The summed E-state index contributed by atoms with van der Waals surface area (Å²) in [7, 11) is -13.2. The zero-order valence-electron chi connectivity index (χ0n) is 17.4. The highest BCUT2D eigenvalue weighted by atomic mass is 32.3. The third-order valence-corrected chi connectivity index (χ3v) is 7.42. The number of aryl methyl sites for hydroxylation is 1. The number of unbranched alkanes of at least 4 members (excludes halogenated alkanes) is 1. The Morgan fingerprint density at radius 2 is 1.70 bits per heavy atom. The van der Waals surface area contributed by atoms with Crippen LogP contribution in [0.15, 0.2) is 49.4 Å². The molecule has 0 spiro atoms. The van der Waals surface area contributed by atoms with Crippen LogP contribution in [0.4, 0.5) is 26.3 Å². The van der Waals surface area contributed by atoms with Gasteiger partial charge in [0.1, 0.15) is 5.82 Å². The summed E-state index contributed by atoms with van der Waals surface area (Å²) < 4.78 is 111. The maximum absolute atomic E-state index is 11.5. The molecule has 33 heavy (non-hydrogen) atoms. The maximum Gasteiger partial charge on any atom is 0.512 e. The van der Waals surface area contributed by atoms with Gasteiger partial charge in [-0.3, -0.25) is 0 Å². The summed E-state index contributed by atoms with van der Waals surface area (Å²) in [5, 5.41) is 0. The van der Waals surface area contributed by atoms with Gasteiger partial charge in [0.2, 0.25) is 0 Å². The maximum atomic E-state index is 11.5. The Morgan fingerprint density at radius 1 is 1.12 bits per heavy atom. The SMILES string of the molecule is C=CC1(Cc2nccn2CCCC)C=CC=CC1.O=S(=O)(NS(=O)(=O)C(F)(F)F)C(F)(F)F. The smallest absolute Gasteiger partial charge is 0.335 e. The Balaban J connectivity index is 0.000000337. The van der Waals surface area contributed by atoms with Crippen LogP contribution in [0.1, 0.15) is 32.0 Å². The van der Waals surface area contributed by atoms with Gasteiger partial charge in [-0.25, -0.2) is 21.8 Å². The van der Waals surface area contributed by atoms with Gasteiger partial charge in [-0.1, -0.05) is 47.9 Å². The molecule has 1 aliphatic rings. The molecule has 188 valence electrons. The molecule has 15 heteroatoms. The van der Waals surface area contributed by atoms with Crippen molar-refractivity contribution in [3.8, 4) is 0 Å². The van der Waals surface area contributed by atoms with E-state index in [9.17, 15) is 43.2 Å². The molecule has 0 bridgehead atoms. The fraction of sp³-hybridized carbons (Fsp3) is 0.500. The highest BCUT2D eigenvalue weighted by Crippen LogP contribution is 2.33. The highest BCUT2D eigenvalue weighted by Gasteiger charge is 2.55. The van der Waals surface area contributed by atoms with Gasteiger partial charge in [-0.15, -0.1) is 6.58 Å². The minimum Gasteiger partial charge on any atom is -0.335 e. The molecule has 0 amide bonds. The van der Waals surface area contributed by atoms with Gasteiger partial charge in [0, 0.05) is 30.8 Å². The predicted molar refractivity (Wildman–Crippen MR) is 109 cm³/mol. The summed E-state index contributed by atoms with van der Waals surface area (Å²) in [6.45, 7) is 7.29. The summed E-state index contributed by atoms with van der Waals surface area (Å²) >= 11 is 0. The fourth-order valence-electron chi connectivity index (χ4n) is 2.61. The molecular weight excluding hydrogens is 500 g/mol. The largest absolute Gasteiger partial charge is 0.512 e.